The molecule has 0 unspecified atom stereocenters. The van der Waals surface area contributed by atoms with Crippen LogP contribution in [0.4, 0.5) is 0 Å². The van der Waals surface area contributed by atoms with Crippen molar-refractivity contribution >= 4 is 5.96 Å². The van der Waals surface area contributed by atoms with Crippen LogP contribution in [0.3, 0.4) is 0 Å². The molecular weight excluding hydrogens is 214 g/mol. The van der Waals surface area contributed by atoms with Crippen LogP contribution in [-0.2, 0) is 6.42 Å². The molecular formula is C12H21N5. The third kappa shape index (κ3) is 5.29. The fourth-order valence-electron chi connectivity index (χ4n) is 1.33. The van der Waals surface area contributed by atoms with Gasteiger partial charge in [0.2, 0.25) is 0 Å². The van der Waals surface area contributed by atoms with E-state index in [9.17, 15) is 0 Å². The predicted octanol–water partition coefficient (Wildman–Crippen LogP) is 0.903. The van der Waals surface area contributed by atoms with E-state index in [1.165, 1.54) is 0 Å². The minimum atomic E-state index is 0.693. The average molecular weight is 235 g/mol. The highest BCUT2D eigenvalue weighted by molar-refractivity contribution is 5.79. The van der Waals surface area contributed by atoms with E-state index < -0.39 is 0 Å². The fourth-order valence-corrected chi connectivity index (χ4v) is 1.33. The standard InChI is InChI=1S/C12H21N5/c1-4-13-12(14-5-2)15-7-6-11-16-8-10(3)9-17-11/h8-9H,4-7H2,1-3H3,(H2,13,14,15). The number of aromatic nitrogens is 2. The number of guanidine groups is 1. The van der Waals surface area contributed by atoms with Crippen LogP contribution in [-0.4, -0.2) is 35.6 Å². The Balaban J connectivity index is 2.43. The second kappa shape index (κ2) is 7.60. The molecule has 0 aromatic carbocycles. The zero-order valence-corrected chi connectivity index (χ0v) is 10.8. The number of hydrogen-bond acceptors (Lipinski definition) is 3. The zero-order valence-electron chi connectivity index (χ0n) is 10.8. The third-order valence-electron chi connectivity index (χ3n) is 2.13. The Kier molecular flexibility index (Phi) is 5.99. The lowest BCUT2D eigenvalue weighted by Crippen LogP contribution is -2.37. The molecule has 0 radical (unpaired) electrons. The van der Waals surface area contributed by atoms with E-state index in [0.717, 1.165) is 36.9 Å². The molecule has 5 nitrogen and oxygen atoms in total. The summed E-state index contributed by atoms with van der Waals surface area (Å²) in [5.41, 5.74) is 1.08. The van der Waals surface area contributed by atoms with E-state index in [1.54, 1.807) is 0 Å². The zero-order chi connectivity index (χ0) is 12.5. The number of hydrogen-bond donors (Lipinski definition) is 2. The van der Waals surface area contributed by atoms with Gasteiger partial charge >= 0.3 is 0 Å². The summed E-state index contributed by atoms with van der Waals surface area (Å²) < 4.78 is 0. The Bertz CT molecular complexity index is 336. The largest absolute Gasteiger partial charge is 0.357 e. The Morgan fingerprint density at radius 2 is 1.76 bits per heavy atom. The molecule has 1 heterocycles. The maximum absolute atomic E-state index is 4.44. The van der Waals surface area contributed by atoms with Crippen molar-refractivity contribution < 1.29 is 0 Å². The Morgan fingerprint density at radius 3 is 2.29 bits per heavy atom. The van der Waals surface area contributed by atoms with Gasteiger partial charge in [-0.2, -0.15) is 0 Å². The maximum Gasteiger partial charge on any atom is 0.191 e. The second-order valence-corrected chi connectivity index (χ2v) is 3.72. The summed E-state index contributed by atoms with van der Waals surface area (Å²) in [5.74, 6) is 1.69. The van der Waals surface area contributed by atoms with Crippen molar-refractivity contribution in [1.82, 2.24) is 20.6 Å². The smallest absolute Gasteiger partial charge is 0.191 e. The van der Waals surface area contributed by atoms with Crippen LogP contribution in [0.15, 0.2) is 17.4 Å². The molecule has 0 aliphatic heterocycles. The minimum Gasteiger partial charge on any atom is -0.357 e. The summed E-state index contributed by atoms with van der Waals surface area (Å²) in [6, 6.07) is 0. The molecule has 17 heavy (non-hydrogen) atoms. The fraction of sp³-hybridized carbons (Fsp3) is 0.583. The van der Waals surface area contributed by atoms with E-state index in [0.29, 0.717) is 6.54 Å². The molecule has 5 heteroatoms. The summed E-state index contributed by atoms with van der Waals surface area (Å²) in [4.78, 5) is 12.9. The Hall–Kier alpha value is -1.65. The lowest BCUT2D eigenvalue weighted by Gasteiger charge is -2.08. The van der Waals surface area contributed by atoms with Crippen molar-refractivity contribution in [2.24, 2.45) is 4.99 Å². The molecule has 1 aromatic heterocycles. The maximum atomic E-state index is 4.44. The molecule has 0 aliphatic rings. The van der Waals surface area contributed by atoms with E-state index in [2.05, 4.69) is 39.4 Å². The molecule has 0 bridgehead atoms. The molecule has 0 saturated heterocycles. The summed E-state index contributed by atoms with van der Waals surface area (Å²) >= 11 is 0. The van der Waals surface area contributed by atoms with Crippen LogP contribution in [0, 0.1) is 6.92 Å². The molecule has 1 aromatic rings. The molecule has 0 saturated carbocycles. The van der Waals surface area contributed by atoms with Gasteiger partial charge in [0.1, 0.15) is 5.82 Å². The molecule has 0 aliphatic carbocycles. The highest BCUT2D eigenvalue weighted by atomic mass is 15.2. The van der Waals surface area contributed by atoms with Gasteiger partial charge < -0.3 is 10.6 Å². The normalized spacial score (nSPS) is 9.82. The Labute approximate surface area is 103 Å². The highest BCUT2D eigenvalue weighted by Gasteiger charge is 1.97. The van der Waals surface area contributed by atoms with Gasteiger partial charge in [-0.3, -0.25) is 4.99 Å². The first-order valence-corrected chi connectivity index (χ1v) is 6.06. The summed E-state index contributed by atoms with van der Waals surface area (Å²) in [5, 5.41) is 6.35. The predicted molar refractivity (Wildman–Crippen MR) is 70.1 cm³/mol. The van der Waals surface area contributed by atoms with Gasteiger partial charge in [0.15, 0.2) is 5.96 Å². The highest BCUT2D eigenvalue weighted by Crippen LogP contribution is 1.94. The molecule has 1 rings (SSSR count). The first kappa shape index (κ1) is 13.4. The summed E-state index contributed by atoms with van der Waals surface area (Å²) in [6.07, 6.45) is 4.43. The number of nitrogens with zero attached hydrogens (tertiary/aromatic N) is 3. The van der Waals surface area contributed by atoms with Crippen LogP contribution in [0.25, 0.3) is 0 Å². The van der Waals surface area contributed by atoms with Gasteiger partial charge in [-0.05, 0) is 26.3 Å². The molecule has 0 spiro atoms. The molecule has 2 N–H and O–H groups in total. The van der Waals surface area contributed by atoms with Crippen molar-refractivity contribution in [2.45, 2.75) is 27.2 Å². The lowest BCUT2D eigenvalue weighted by atomic mass is 10.3. The first-order chi connectivity index (χ1) is 8.26. The van der Waals surface area contributed by atoms with Crippen molar-refractivity contribution in [3.05, 3.63) is 23.8 Å². The number of aryl methyl sites for hydroxylation is 1. The Morgan fingerprint density at radius 1 is 1.18 bits per heavy atom. The van der Waals surface area contributed by atoms with Gasteiger partial charge in [0, 0.05) is 38.4 Å². The van der Waals surface area contributed by atoms with E-state index in [-0.39, 0.29) is 0 Å². The van der Waals surface area contributed by atoms with Gasteiger partial charge in [-0.25, -0.2) is 9.97 Å². The van der Waals surface area contributed by atoms with Crippen LogP contribution >= 0.6 is 0 Å². The monoisotopic (exact) mass is 235 g/mol. The first-order valence-electron chi connectivity index (χ1n) is 6.06. The minimum absolute atomic E-state index is 0.693. The lowest BCUT2D eigenvalue weighted by molar-refractivity contribution is 0.813. The average Bonchev–Trinajstić information content (AvgIpc) is 2.32. The topological polar surface area (TPSA) is 62.2 Å². The summed E-state index contributed by atoms with van der Waals surface area (Å²) in [6.45, 7) is 8.51. The van der Waals surface area contributed by atoms with Crippen LogP contribution in [0.1, 0.15) is 25.2 Å². The van der Waals surface area contributed by atoms with Crippen LogP contribution < -0.4 is 10.6 Å². The number of aliphatic imine (C=N–C) groups is 1. The van der Waals surface area contributed by atoms with Gasteiger partial charge in [0.25, 0.3) is 0 Å². The molecule has 0 amide bonds. The third-order valence-corrected chi connectivity index (χ3v) is 2.13. The molecule has 94 valence electrons. The quantitative estimate of drug-likeness (QED) is 0.588. The van der Waals surface area contributed by atoms with Crippen molar-refractivity contribution in [3.8, 4) is 0 Å². The molecule has 0 fully saturated rings. The van der Waals surface area contributed by atoms with E-state index in [4.69, 9.17) is 0 Å². The van der Waals surface area contributed by atoms with Gasteiger partial charge in [-0.15, -0.1) is 0 Å². The van der Waals surface area contributed by atoms with Gasteiger partial charge in [-0.1, -0.05) is 0 Å². The van der Waals surface area contributed by atoms with Crippen molar-refractivity contribution in [1.29, 1.82) is 0 Å². The van der Waals surface area contributed by atoms with Crippen LogP contribution in [0.5, 0.6) is 0 Å². The number of rotatable bonds is 5. The number of nitrogens with one attached hydrogen (secondary N) is 2. The van der Waals surface area contributed by atoms with E-state index >= 15 is 0 Å². The molecule has 0 atom stereocenters. The van der Waals surface area contributed by atoms with Crippen LogP contribution in [0.2, 0.25) is 0 Å². The van der Waals surface area contributed by atoms with Crippen molar-refractivity contribution in [2.75, 3.05) is 19.6 Å². The van der Waals surface area contributed by atoms with E-state index in [1.807, 2.05) is 19.3 Å². The second-order valence-electron chi connectivity index (χ2n) is 3.72. The van der Waals surface area contributed by atoms with Gasteiger partial charge in [0.05, 0.1) is 0 Å². The summed E-state index contributed by atoms with van der Waals surface area (Å²) in [7, 11) is 0. The SMILES string of the molecule is CCNC(=NCCc1ncc(C)cn1)NCC. The van der Waals surface area contributed by atoms with Crippen molar-refractivity contribution in [3.63, 3.8) is 0 Å².